The largest absolute Gasteiger partial charge is 0.497 e. The lowest BCUT2D eigenvalue weighted by molar-refractivity contribution is 0.413. The second kappa shape index (κ2) is 3.83. The summed E-state index contributed by atoms with van der Waals surface area (Å²) in [6, 6.07) is 6.78. The van der Waals surface area contributed by atoms with Crippen molar-refractivity contribution in [1.82, 2.24) is 5.32 Å². The molecule has 1 heterocycles. The summed E-state index contributed by atoms with van der Waals surface area (Å²) < 4.78 is 5.21. The molecule has 0 saturated heterocycles. The molecule has 2 rings (SSSR count). The van der Waals surface area contributed by atoms with Gasteiger partial charge in [0.15, 0.2) is 0 Å². The van der Waals surface area contributed by atoms with Gasteiger partial charge < -0.3 is 10.1 Å². The minimum absolute atomic E-state index is 0.473. The van der Waals surface area contributed by atoms with Crippen LogP contribution in [0.2, 0.25) is 0 Å². The third-order valence-electron chi connectivity index (χ3n) is 2.65. The van der Waals surface area contributed by atoms with Gasteiger partial charge in [-0.25, -0.2) is 0 Å². The van der Waals surface area contributed by atoms with Crippen molar-refractivity contribution in [3.05, 3.63) is 23.8 Å². The van der Waals surface area contributed by atoms with E-state index >= 15 is 0 Å². The van der Waals surface area contributed by atoms with Crippen LogP contribution in [0.4, 0.5) is 0 Å². The molecule has 1 N–H and O–H groups in total. The summed E-state index contributed by atoms with van der Waals surface area (Å²) in [6.45, 7) is 2.25. The van der Waals surface area contributed by atoms with E-state index in [-0.39, 0.29) is 0 Å². The zero-order valence-corrected chi connectivity index (χ0v) is 9.52. The first kappa shape index (κ1) is 9.87. The number of methoxy groups -OCH3 is 1. The third kappa shape index (κ3) is 1.51. The zero-order chi connectivity index (χ0) is 10.1. The third-order valence-corrected chi connectivity index (χ3v) is 3.90. The Kier molecular flexibility index (Phi) is 2.70. The maximum Gasteiger partial charge on any atom is 0.119 e. The molecule has 1 aromatic rings. The normalized spacial score (nSPS) is 24.8. The van der Waals surface area contributed by atoms with Crippen molar-refractivity contribution in [1.29, 1.82) is 0 Å². The first-order valence-corrected chi connectivity index (χ1v) is 5.66. The second-order valence-corrected chi connectivity index (χ2v) is 4.91. The molecule has 0 bridgehead atoms. The van der Waals surface area contributed by atoms with Crippen LogP contribution in [0.1, 0.15) is 18.5 Å². The Balaban J connectivity index is 2.37. The average molecular weight is 209 g/mol. The highest BCUT2D eigenvalue weighted by atomic mass is 32.2. The Morgan fingerprint density at radius 2 is 2.21 bits per heavy atom. The smallest absolute Gasteiger partial charge is 0.119 e. The molecule has 2 atom stereocenters. The molecule has 1 aromatic carbocycles. The second-order valence-electron chi connectivity index (χ2n) is 3.49. The summed E-state index contributed by atoms with van der Waals surface area (Å²) in [7, 11) is 3.72. The van der Waals surface area contributed by atoms with Crippen LogP contribution in [0.3, 0.4) is 0 Å². The van der Waals surface area contributed by atoms with Gasteiger partial charge in [-0.15, -0.1) is 11.8 Å². The van der Waals surface area contributed by atoms with E-state index in [4.69, 9.17) is 4.74 Å². The Morgan fingerprint density at radius 1 is 1.43 bits per heavy atom. The van der Waals surface area contributed by atoms with Crippen molar-refractivity contribution in [2.45, 2.75) is 23.1 Å². The molecular formula is C11H15NOS. The van der Waals surface area contributed by atoms with Gasteiger partial charge in [-0.3, -0.25) is 0 Å². The van der Waals surface area contributed by atoms with Crippen LogP contribution < -0.4 is 10.1 Å². The maximum atomic E-state index is 5.21. The van der Waals surface area contributed by atoms with Crippen molar-refractivity contribution < 1.29 is 4.74 Å². The zero-order valence-electron chi connectivity index (χ0n) is 8.70. The first-order valence-electron chi connectivity index (χ1n) is 4.78. The summed E-state index contributed by atoms with van der Waals surface area (Å²) in [5.74, 6) is 0.945. The molecule has 1 aliphatic rings. The lowest BCUT2D eigenvalue weighted by Crippen LogP contribution is -2.21. The highest BCUT2D eigenvalue weighted by Gasteiger charge is 2.28. The highest BCUT2D eigenvalue weighted by molar-refractivity contribution is 8.00. The fraction of sp³-hybridized carbons (Fsp3) is 0.455. The topological polar surface area (TPSA) is 21.3 Å². The molecule has 2 unspecified atom stereocenters. The quantitative estimate of drug-likeness (QED) is 0.808. The van der Waals surface area contributed by atoms with Crippen LogP contribution in [0.5, 0.6) is 5.75 Å². The Morgan fingerprint density at radius 3 is 2.86 bits per heavy atom. The van der Waals surface area contributed by atoms with Gasteiger partial charge >= 0.3 is 0 Å². The van der Waals surface area contributed by atoms with Crippen LogP contribution in [0, 0.1) is 0 Å². The number of benzene rings is 1. The summed E-state index contributed by atoms with van der Waals surface area (Å²) in [5, 5.41) is 3.94. The SMILES string of the molecule is CNC1c2ccc(OC)cc2SC1C. The van der Waals surface area contributed by atoms with Crippen LogP contribution in [0.25, 0.3) is 0 Å². The number of nitrogens with one attached hydrogen (secondary N) is 1. The fourth-order valence-electron chi connectivity index (χ4n) is 1.91. The predicted octanol–water partition coefficient (Wildman–Crippen LogP) is 2.45. The monoisotopic (exact) mass is 209 g/mol. The van der Waals surface area contributed by atoms with Gasteiger partial charge in [0, 0.05) is 16.2 Å². The van der Waals surface area contributed by atoms with E-state index in [1.54, 1.807) is 7.11 Å². The molecule has 1 aliphatic heterocycles. The molecule has 0 radical (unpaired) electrons. The van der Waals surface area contributed by atoms with Crippen molar-refractivity contribution >= 4 is 11.8 Å². The van der Waals surface area contributed by atoms with Crippen molar-refractivity contribution in [2.75, 3.05) is 14.2 Å². The van der Waals surface area contributed by atoms with Crippen molar-refractivity contribution in [3.63, 3.8) is 0 Å². The van der Waals surface area contributed by atoms with Crippen LogP contribution in [-0.2, 0) is 0 Å². The number of hydrogen-bond donors (Lipinski definition) is 1. The van der Waals surface area contributed by atoms with E-state index in [0.717, 1.165) is 5.75 Å². The van der Waals surface area contributed by atoms with E-state index in [2.05, 4.69) is 24.4 Å². The number of fused-ring (bicyclic) bond motifs is 1. The van der Waals surface area contributed by atoms with Crippen molar-refractivity contribution in [3.8, 4) is 5.75 Å². The van der Waals surface area contributed by atoms with E-state index in [1.807, 2.05) is 24.9 Å². The lowest BCUT2D eigenvalue weighted by Gasteiger charge is -2.14. The minimum Gasteiger partial charge on any atom is -0.497 e. The summed E-state index contributed by atoms with van der Waals surface area (Å²) in [5.41, 5.74) is 1.39. The van der Waals surface area contributed by atoms with E-state index in [1.165, 1.54) is 10.5 Å². The predicted molar refractivity (Wildman–Crippen MR) is 60.1 cm³/mol. The molecule has 0 aromatic heterocycles. The standard InChI is InChI=1S/C11H15NOS/c1-7-11(12-2)9-5-4-8(13-3)6-10(9)14-7/h4-7,11-12H,1-3H3. The van der Waals surface area contributed by atoms with Gasteiger partial charge in [-0.2, -0.15) is 0 Å². The summed E-state index contributed by atoms with van der Waals surface area (Å²) in [6.07, 6.45) is 0. The number of thioether (sulfide) groups is 1. The number of ether oxygens (including phenoxy) is 1. The molecule has 3 heteroatoms. The lowest BCUT2D eigenvalue weighted by atomic mass is 10.1. The van der Waals surface area contributed by atoms with Crippen LogP contribution >= 0.6 is 11.8 Å². The van der Waals surface area contributed by atoms with E-state index in [0.29, 0.717) is 11.3 Å². The van der Waals surface area contributed by atoms with Gasteiger partial charge in [0.25, 0.3) is 0 Å². The molecule has 2 nitrogen and oxygen atoms in total. The molecule has 0 amide bonds. The maximum absolute atomic E-state index is 5.21. The van der Waals surface area contributed by atoms with Crippen molar-refractivity contribution in [2.24, 2.45) is 0 Å². The molecule has 76 valence electrons. The van der Waals surface area contributed by atoms with E-state index < -0.39 is 0 Å². The average Bonchev–Trinajstić information content (AvgIpc) is 2.51. The fourth-order valence-corrected chi connectivity index (χ4v) is 3.25. The van der Waals surface area contributed by atoms with Gasteiger partial charge in [0.05, 0.1) is 7.11 Å². The number of rotatable bonds is 2. The molecule has 0 saturated carbocycles. The minimum atomic E-state index is 0.473. The Hall–Kier alpha value is -0.670. The Labute approximate surface area is 89.0 Å². The number of hydrogen-bond acceptors (Lipinski definition) is 3. The molecular weight excluding hydrogens is 194 g/mol. The van der Waals surface area contributed by atoms with Gasteiger partial charge in [0.1, 0.15) is 5.75 Å². The van der Waals surface area contributed by atoms with E-state index in [9.17, 15) is 0 Å². The Bertz CT molecular complexity index is 340. The van der Waals surface area contributed by atoms with Crippen LogP contribution in [-0.4, -0.2) is 19.4 Å². The summed E-state index contributed by atoms with van der Waals surface area (Å²) in [4.78, 5) is 1.34. The molecule has 0 aliphatic carbocycles. The van der Waals surface area contributed by atoms with Crippen LogP contribution in [0.15, 0.2) is 23.1 Å². The molecule has 0 fully saturated rings. The van der Waals surface area contributed by atoms with Gasteiger partial charge in [-0.05, 0) is 24.7 Å². The molecule has 14 heavy (non-hydrogen) atoms. The molecule has 0 spiro atoms. The van der Waals surface area contributed by atoms with Gasteiger partial charge in [0.2, 0.25) is 0 Å². The summed E-state index contributed by atoms with van der Waals surface area (Å²) >= 11 is 1.91. The first-order chi connectivity index (χ1) is 6.76. The van der Waals surface area contributed by atoms with Gasteiger partial charge in [-0.1, -0.05) is 13.0 Å². The highest BCUT2D eigenvalue weighted by Crippen LogP contribution is 2.44.